The van der Waals surface area contributed by atoms with E-state index in [0.717, 1.165) is 38.7 Å². The molecule has 0 heterocycles. The Bertz CT molecular complexity index is 179. The molecular weight excluding hydrogens is 200 g/mol. The van der Waals surface area contributed by atoms with Crippen molar-refractivity contribution in [3.63, 3.8) is 0 Å². The van der Waals surface area contributed by atoms with Gasteiger partial charge in [-0.2, -0.15) is 0 Å². The first-order chi connectivity index (χ1) is 7.64. The van der Waals surface area contributed by atoms with Gasteiger partial charge in [0.2, 0.25) is 0 Å². The summed E-state index contributed by atoms with van der Waals surface area (Å²) in [5.74, 6) is 0. The zero-order valence-corrected chi connectivity index (χ0v) is 11.1. The number of nitrogens with one attached hydrogen (secondary N) is 2. The van der Waals surface area contributed by atoms with E-state index in [0.29, 0.717) is 5.41 Å². The molecule has 1 fully saturated rings. The zero-order chi connectivity index (χ0) is 11.9. The fraction of sp³-hybridized carbons (Fsp3) is 1.00. The van der Waals surface area contributed by atoms with Gasteiger partial charge in [-0.1, -0.05) is 13.8 Å². The van der Waals surface area contributed by atoms with Crippen molar-refractivity contribution in [2.24, 2.45) is 5.41 Å². The number of ether oxygens (including phenoxy) is 1. The van der Waals surface area contributed by atoms with Crippen LogP contribution in [0.15, 0.2) is 0 Å². The SMILES string of the molecule is COCCC(C)(C)CNCCCNC1CC1. The lowest BCUT2D eigenvalue weighted by Gasteiger charge is -2.24. The summed E-state index contributed by atoms with van der Waals surface area (Å²) in [7, 11) is 1.77. The summed E-state index contributed by atoms with van der Waals surface area (Å²) in [5.41, 5.74) is 0.347. The van der Waals surface area contributed by atoms with Crippen LogP contribution in [0, 0.1) is 5.41 Å². The molecule has 0 aliphatic heterocycles. The van der Waals surface area contributed by atoms with E-state index in [2.05, 4.69) is 24.5 Å². The lowest BCUT2D eigenvalue weighted by molar-refractivity contribution is 0.151. The average Bonchev–Trinajstić information content (AvgIpc) is 3.04. The molecule has 0 aromatic carbocycles. The minimum Gasteiger partial charge on any atom is -0.385 e. The molecule has 1 aliphatic rings. The second-order valence-corrected chi connectivity index (χ2v) is 5.67. The van der Waals surface area contributed by atoms with Gasteiger partial charge in [0, 0.05) is 26.3 Å². The normalized spacial score (nSPS) is 16.7. The molecule has 0 aromatic rings. The van der Waals surface area contributed by atoms with Crippen LogP contribution in [0.25, 0.3) is 0 Å². The quantitative estimate of drug-likeness (QED) is 0.559. The Morgan fingerprint density at radius 3 is 2.62 bits per heavy atom. The van der Waals surface area contributed by atoms with Gasteiger partial charge < -0.3 is 15.4 Å². The van der Waals surface area contributed by atoms with Crippen molar-refractivity contribution in [2.75, 3.05) is 33.4 Å². The second-order valence-electron chi connectivity index (χ2n) is 5.67. The molecular formula is C13H28N2O. The maximum atomic E-state index is 5.12. The van der Waals surface area contributed by atoms with Crippen LogP contribution in [0.3, 0.4) is 0 Å². The Labute approximate surface area is 100 Å². The lowest BCUT2D eigenvalue weighted by Crippen LogP contribution is -2.32. The number of rotatable bonds is 10. The van der Waals surface area contributed by atoms with E-state index in [9.17, 15) is 0 Å². The Kier molecular flexibility index (Phi) is 6.32. The Morgan fingerprint density at radius 2 is 2.00 bits per heavy atom. The van der Waals surface area contributed by atoms with Crippen LogP contribution in [0.4, 0.5) is 0 Å². The van der Waals surface area contributed by atoms with Crippen molar-refractivity contribution < 1.29 is 4.74 Å². The van der Waals surface area contributed by atoms with Crippen molar-refractivity contribution >= 4 is 0 Å². The van der Waals surface area contributed by atoms with Crippen molar-refractivity contribution in [3.8, 4) is 0 Å². The van der Waals surface area contributed by atoms with Crippen LogP contribution >= 0.6 is 0 Å². The summed E-state index contributed by atoms with van der Waals surface area (Å²) >= 11 is 0. The molecule has 0 aromatic heterocycles. The zero-order valence-electron chi connectivity index (χ0n) is 11.1. The minimum atomic E-state index is 0.347. The molecule has 1 aliphatic carbocycles. The third kappa shape index (κ3) is 7.20. The Balaban J connectivity index is 1.87. The highest BCUT2D eigenvalue weighted by molar-refractivity contribution is 4.80. The van der Waals surface area contributed by atoms with Gasteiger partial charge in [0.25, 0.3) is 0 Å². The second kappa shape index (κ2) is 7.25. The van der Waals surface area contributed by atoms with Gasteiger partial charge in [-0.15, -0.1) is 0 Å². The predicted molar refractivity (Wildman–Crippen MR) is 68.8 cm³/mol. The molecule has 2 N–H and O–H groups in total. The number of hydrogen-bond acceptors (Lipinski definition) is 3. The van der Waals surface area contributed by atoms with Crippen LogP contribution < -0.4 is 10.6 Å². The summed E-state index contributed by atoms with van der Waals surface area (Å²) in [5, 5.41) is 7.06. The molecule has 0 saturated heterocycles. The van der Waals surface area contributed by atoms with Crippen LogP contribution in [-0.4, -0.2) is 39.4 Å². The molecule has 1 rings (SSSR count). The van der Waals surface area contributed by atoms with E-state index in [-0.39, 0.29) is 0 Å². The molecule has 0 atom stereocenters. The maximum Gasteiger partial charge on any atom is 0.0467 e. The van der Waals surface area contributed by atoms with E-state index in [4.69, 9.17) is 4.74 Å². The van der Waals surface area contributed by atoms with Gasteiger partial charge in [-0.25, -0.2) is 0 Å². The van der Waals surface area contributed by atoms with Crippen LogP contribution in [0.1, 0.15) is 39.5 Å². The fourth-order valence-corrected chi connectivity index (χ4v) is 1.70. The highest BCUT2D eigenvalue weighted by atomic mass is 16.5. The van der Waals surface area contributed by atoms with Crippen molar-refractivity contribution in [2.45, 2.75) is 45.6 Å². The Hall–Kier alpha value is -0.120. The van der Waals surface area contributed by atoms with Crippen LogP contribution in [0.5, 0.6) is 0 Å². The van der Waals surface area contributed by atoms with Crippen LogP contribution in [-0.2, 0) is 4.74 Å². The van der Waals surface area contributed by atoms with E-state index >= 15 is 0 Å². The summed E-state index contributed by atoms with van der Waals surface area (Å²) in [4.78, 5) is 0. The van der Waals surface area contributed by atoms with E-state index in [1.165, 1.54) is 19.3 Å². The third-order valence-corrected chi connectivity index (χ3v) is 3.13. The van der Waals surface area contributed by atoms with Gasteiger partial charge in [-0.3, -0.25) is 0 Å². The Morgan fingerprint density at radius 1 is 1.25 bits per heavy atom. The fourth-order valence-electron chi connectivity index (χ4n) is 1.70. The van der Waals surface area contributed by atoms with Crippen molar-refractivity contribution in [1.82, 2.24) is 10.6 Å². The summed E-state index contributed by atoms with van der Waals surface area (Å²) in [6, 6.07) is 0.846. The topological polar surface area (TPSA) is 33.3 Å². The van der Waals surface area contributed by atoms with Crippen LogP contribution in [0.2, 0.25) is 0 Å². The molecule has 0 radical (unpaired) electrons. The van der Waals surface area contributed by atoms with Crippen molar-refractivity contribution in [1.29, 1.82) is 0 Å². The minimum absolute atomic E-state index is 0.347. The molecule has 3 nitrogen and oxygen atoms in total. The maximum absolute atomic E-state index is 5.12. The molecule has 0 spiro atoms. The van der Waals surface area contributed by atoms with Gasteiger partial charge in [0.15, 0.2) is 0 Å². The van der Waals surface area contributed by atoms with Gasteiger partial charge in [0.05, 0.1) is 0 Å². The third-order valence-electron chi connectivity index (χ3n) is 3.13. The van der Waals surface area contributed by atoms with Gasteiger partial charge >= 0.3 is 0 Å². The summed E-state index contributed by atoms with van der Waals surface area (Å²) in [6.07, 6.45) is 5.13. The molecule has 0 amide bonds. The van der Waals surface area contributed by atoms with E-state index in [1.807, 2.05) is 0 Å². The first-order valence-electron chi connectivity index (χ1n) is 6.57. The summed E-state index contributed by atoms with van der Waals surface area (Å²) in [6.45, 7) is 8.81. The molecule has 0 bridgehead atoms. The molecule has 3 heteroatoms. The first-order valence-corrected chi connectivity index (χ1v) is 6.57. The molecule has 1 saturated carbocycles. The molecule has 16 heavy (non-hydrogen) atoms. The van der Waals surface area contributed by atoms with Gasteiger partial charge in [0.1, 0.15) is 0 Å². The number of methoxy groups -OCH3 is 1. The molecule has 0 unspecified atom stereocenters. The van der Waals surface area contributed by atoms with E-state index < -0.39 is 0 Å². The first kappa shape index (κ1) is 13.9. The highest BCUT2D eigenvalue weighted by Gasteiger charge is 2.19. The standard InChI is InChI=1S/C13H28N2O/c1-13(2,7-10-16-3)11-14-8-4-9-15-12-5-6-12/h12,14-15H,4-11H2,1-3H3. The van der Waals surface area contributed by atoms with E-state index in [1.54, 1.807) is 7.11 Å². The highest BCUT2D eigenvalue weighted by Crippen LogP contribution is 2.19. The van der Waals surface area contributed by atoms with Crippen molar-refractivity contribution in [3.05, 3.63) is 0 Å². The number of hydrogen-bond donors (Lipinski definition) is 2. The monoisotopic (exact) mass is 228 g/mol. The largest absolute Gasteiger partial charge is 0.385 e. The van der Waals surface area contributed by atoms with Gasteiger partial charge in [-0.05, 0) is 44.2 Å². The lowest BCUT2D eigenvalue weighted by atomic mass is 9.90. The summed E-state index contributed by atoms with van der Waals surface area (Å²) < 4.78 is 5.12. The molecule has 96 valence electrons. The smallest absolute Gasteiger partial charge is 0.0467 e. The predicted octanol–water partition coefficient (Wildman–Crippen LogP) is 1.78. The average molecular weight is 228 g/mol.